The van der Waals surface area contributed by atoms with E-state index in [0.29, 0.717) is 29.2 Å². The highest BCUT2D eigenvalue weighted by Crippen LogP contribution is 2.30. The van der Waals surface area contributed by atoms with Crippen LogP contribution in [0.5, 0.6) is 0 Å². The van der Waals surface area contributed by atoms with E-state index >= 15 is 0 Å². The molecule has 5 rings (SSSR count). The molecule has 0 spiro atoms. The van der Waals surface area contributed by atoms with Crippen LogP contribution in [-0.4, -0.2) is 60.0 Å². The number of carbonyl (C=O) groups excluding carboxylic acids is 1. The molecule has 0 unspecified atom stereocenters. The van der Waals surface area contributed by atoms with E-state index in [2.05, 4.69) is 4.90 Å². The summed E-state index contributed by atoms with van der Waals surface area (Å²) in [5.41, 5.74) is 2.21. The maximum absolute atomic E-state index is 13.9. The van der Waals surface area contributed by atoms with Crippen molar-refractivity contribution in [3.05, 3.63) is 94.7 Å². The summed E-state index contributed by atoms with van der Waals surface area (Å²) in [7, 11) is 1.94. The molecule has 2 aromatic carbocycles. The number of rotatable bonds is 8. The van der Waals surface area contributed by atoms with Gasteiger partial charge in [-0.25, -0.2) is 4.98 Å². The second kappa shape index (κ2) is 12.3. The van der Waals surface area contributed by atoms with Gasteiger partial charge >= 0.3 is 6.18 Å². The van der Waals surface area contributed by atoms with Crippen molar-refractivity contribution in [2.45, 2.75) is 44.4 Å². The Morgan fingerprint density at radius 1 is 0.975 bits per heavy atom. The van der Waals surface area contributed by atoms with Crippen molar-refractivity contribution in [3.63, 3.8) is 0 Å². The lowest BCUT2D eigenvalue weighted by Gasteiger charge is -2.29. The summed E-state index contributed by atoms with van der Waals surface area (Å²) in [6.45, 7) is 4.47. The van der Waals surface area contributed by atoms with Crippen molar-refractivity contribution in [1.29, 1.82) is 0 Å². The summed E-state index contributed by atoms with van der Waals surface area (Å²) in [4.78, 5) is 25.1. The fourth-order valence-electron chi connectivity index (χ4n) is 5.57. The average Bonchev–Trinajstić information content (AvgIpc) is 3.64. The van der Waals surface area contributed by atoms with Crippen molar-refractivity contribution in [2.24, 2.45) is 0 Å². The van der Waals surface area contributed by atoms with Gasteiger partial charge in [0.15, 0.2) is 0 Å². The fourth-order valence-corrected chi connectivity index (χ4v) is 5.57. The van der Waals surface area contributed by atoms with Crippen LogP contribution in [0.3, 0.4) is 0 Å². The Hall–Kier alpha value is -3.65. The first-order chi connectivity index (χ1) is 19.3. The van der Waals surface area contributed by atoms with Crippen LogP contribution in [0.4, 0.5) is 19.0 Å². The first-order valence-electron chi connectivity index (χ1n) is 13.9. The standard InChI is InChI=1S/C32H35F3N4O/c1-37(22-25-8-3-2-4-9-25)30-21-26(31(40)39-19-7-10-29(39)23-38-17-5-6-18-38)20-28(36-30)16-13-24-11-14-27(15-12-24)32(33,34)35/h2-4,8-9,11-16,20-21,29H,5-7,10,17-19,22-23H2,1H3/b16-13+/t29-/m0/s1. The second-order valence-electron chi connectivity index (χ2n) is 10.7. The zero-order valence-electron chi connectivity index (χ0n) is 22.8. The molecule has 8 heteroatoms. The number of carbonyl (C=O) groups is 1. The maximum atomic E-state index is 13.9. The minimum Gasteiger partial charge on any atom is -0.355 e. The summed E-state index contributed by atoms with van der Waals surface area (Å²) in [6.07, 6.45) is 3.55. The minimum atomic E-state index is -4.38. The lowest BCUT2D eigenvalue weighted by atomic mass is 10.1. The topological polar surface area (TPSA) is 39.7 Å². The third-order valence-corrected chi connectivity index (χ3v) is 7.72. The fraction of sp³-hybridized carbons (Fsp3) is 0.375. The molecule has 2 aliphatic rings. The third kappa shape index (κ3) is 6.91. The predicted molar refractivity (Wildman–Crippen MR) is 153 cm³/mol. The van der Waals surface area contributed by atoms with Crippen LogP contribution in [0.25, 0.3) is 12.2 Å². The zero-order valence-corrected chi connectivity index (χ0v) is 22.8. The smallest absolute Gasteiger partial charge is 0.355 e. The molecule has 210 valence electrons. The number of benzene rings is 2. The van der Waals surface area contributed by atoms with Crippen LogP contribution in [0.1, 0.15) is 58.4 Å². The van der Waals surface area contributed by atoms with Gasteiger partial charge < -0.3 is 14.7 Å². The van der Waals surface area contributed by atoms with E-state index in [1.807, 2.05) is 53.2 Å². The van der Waals surface area contributed by atoms with Crippen LogP contribution in [0.15, 0.2) is 66.7 Å². The Morgan fingerprint density at radius 3 is 2.40 bits per heavy atom. The number of nitrogens with zero attached hydrogens (tertiary/aromatic N) is 4. The van der Waals surface area contributed by atoms with E-state index in [0.717, 1.165) is 56.7 Å². The van der Waals surface area contributed by atoms with E-state index in [9.17, 15) is 18.0 Å². The molecule has 40 heavy (non-hydrogen) atoms. The molecule has 0 saturated carbocycles. The Kier molecular flexibility index (Phi) is 8.54. The van der Waals surface area contributed by atoms with Crippen molar-refractivity contribution < 1.29 is 18.0 Å². The SMILES string of the molecule is CN(Cc1ccccc1)c1cc(C(=O)N2CCC[C@H]2CN2CCCC2)cc(/C=C/c2ccc(C(F)(F)F)cc2)n1. The number of halogens is 3. The lowest BCUT2D eigenvalue weighted by molar-refractivity contribution is -0.137. The van der Waals surface area contributed by atoms with E-state index in [-0.39, 0.29) is 11.9 Å². The number of aromatic nitrogens is 1. The molecule has 2 saturated heterocycles. The van der Waals surface area contributed by atoms with Gasteiger partial charge in [0, 0.05) is 38.3 Å². The molecule has 3 heterocycles. The first-order valence-corrected chi connectivity index (χ1v) is 13.9. The lowest BCUT2D eigenvalue weighted by Crippen LogP contribution is -2.42. The van der Waals surface area contributed by atoms with Crippen LogP contribution in [0, 0.1) is 0 Å². The molecule has 0 bridgehead atoms. The number of hydrogen-bond donors (Lipinski definition) is 0. The number of amides is 1. The van der Waals surface area contributed by atoms with Gasteiger partial charge in [0.1, 0.15) is 5.82 Å². The first kappa shape index (κ1) is 27.9. The van der Waals surface area contributed by atoms with Crippen molar-refractivity contribution in [1.82, 2.24) is 14.8 Å². The molecule has 3 aromatic rings. The Labute approximate surface area is 233 Å². The molecule has 1 amide bonds. The number of hydrogen-bond acceptors (Lipinski definition) is 4. The molecular formula is C32H35F3N4O. The minimum absolute atomic E-state index is 0.00244. The molecule has 2 aliphatic heterocycles. The molecule has 1 aromatic heterocycles. The van der Waals surface area contributed by atoms with Crippen molar-refractivity contribution in [2.75, 3.05) is 38.1 Å². The molecule has 0 radical (unpaired) electrons. The highest BCUT2D eigenvalue weighted by atomic mass is 19.4. The van der Waals surface area contributed by atoms with Gasteiger partial charge in [0.25, 0.3) is 5.91 Å². The molecule has 5 nitrogen and oxygen atoms in total. The molecule has 0 N–H and O–H groups in total. The van der Waals surface area contributed by atoms with Gasteiger partial charge in [0.05, 0.1) is 11.3 Å². The Balaban J connectivity index is 1.41. The van der Waals surface area contributed by atoms with Crippen LogP contribution in [-0.2, 0) is 12.7 Å². The highest BCUT2D eigenvalue weighted by Gasteiger charge is 2.32. The molecular weight excluding hydrogens is 513 g/mol. The van der Waals surface area contributed by atoms with Crippen LogP contribution >= 0.6 is 0 Å². The Bertz CT molecular complexity index is 1320. The second-order valence-corrected chi connectivity index (χ2v) is 10.7. The van der Waals surface area contributed by atoms with Gasteiger partial charge in [-0.15, -0.1) is 0 Å². The average molecular weight is 549 g/mol. The highest BCUT2D eigenvalue weighted by molar-refractivity contribution is 5.96. The monoisotopic (exact) mass is 548 g/mol. The number of pyridine rings is 1. The van der Waals surface area contributed by atoms with Gasteiger partial charge in [-0.05, 0) is 80.2 Å². The zero-order chi connectivity index (χ0) is 28.1. The summed E-state index contributed by atoms with van der Waals surface area (Å²) >= 11 is 0. The van der Waals surface area contributed by atoms with Crippen molar-refractivity contribution >= 4 is 23.9 Å². The normalized spacial score (nSPS) is 18.1. The quantitative estimate of drug-likeness (QED) is 0.318. The van der Waals surface area contributed by atoms with E-state index in [1.165, 1.54) is 25.0 Å². The largest absolute Gasteiger partial charge is 0.416 e. The van der Waals surface area contributed by atoms with E-state index < -0.39 is 11.7 Å². The predicted octanol–water partition coefficient (Wildman–Crippen LogP) is 6.61. The van der Waals surface area contributed by atoms with Crippen LogP contribution in [0.2, 0.25) is 0 Å². The molecule has 2 fully saturated rings. The summed E-state index contributed by atoms with van der Waals surface area (Å²) < 4.78 is 38.9. The van der Waals surface area contributed by atoms with Gasteiger partial charge in [0.2, 0.25) is 0 Å². The van der Waals surface area contributed by atoms with E-state index in [4.69, 9.17) is 4.98 Å². The summed E-state index contributed by atoms with van der Waals surface area (Å²) in [5, 5.41) is 0. The molecule has 1 atom stereocenters. The summed E-state index contributed by atoms with van der Waals surface area (Å²) in [6, 6.07) is 18.9. The summed E-state index contributed by atoms with van der Waals surface area (Å²) in [5.74, 6) is 0.666. The van der Waals surface area contributed by atoms with E-state index in [1.54, 1.807) is 18.2 Å². The Morgan fingerprint density at radius 2 is 1.70 bits per heavy atom. The maximum Gasteiger partial charge on any atom is 0.416 e. The van der Waals surface area contributed by atoms with Gasteiger partial charge in [-0.1, -0.05) is 48.5 Å². The number of anilines is 1. The van der Waals surface area contributed by atoms with Crippen LogP contribution < -0.4 is 4.90 Å². The van der Waals surface area contributed by atoms with Gasteiger partial charge in [-0.2, -0.15) is 13.2 Å². The molecule has 0 aliphatic carbocycles. The van der Waals surface area contributed by atoms with Gasteiger partial charge in [-0.3, -0.25) is 4.79 Å². The number of alkyl halides is 3. The third-order valence-electron chi connectivity index (χ3n) is 7.72. The number of likely N-dealkylation sites (tertiary alicyclic amines) is 2. The van der Waals surface area contributed by atoms with Crippen molar-refractivity contribution in [3.8, 4) is 0 Å².